The minimum Gasteiger partial charge on any atom is -0.379 e. The van der Waals surface area contributed by atoms with Crippen LogP contribution in [0.2, 0.25) is 5.02 Å². The summed E-state index contributed by atoms with van der Waals surface area (Å²) in [6.07, 6.45) is 1.29. The second kappa shape index (κ2) is 34.4. The minimum atomic E-state index is -1.83. The molecule has 3 unspecified atom stereocenters. The Bertz CT molecular complexity index is 6200. The Morgan fingerprint density at radius 1 is 0.383 bits per heavy atom. The molecule has 0 aromatic heterocycles. The molecule has 11 aromatic carbocycles. The molecule has 608 valence electrons. The average Bonchev–Trinajstić information content (AvgIpc) is 1.57. The number of nitrogens with one attached hydrogen (secondary N) is 3. The molecule has 6 fully saturated rings. The Balaban J connectivity index is 0.000000129. The lowest BCUT2D eigenvalue weighted by Gasteiger charge is -2.36. The molecule has 0 spiro atoms. The Morgan fingerprint density at radius 3 is 1.13 bits per heavy atom. The van der Waals surface area contributed by atoms with Gasteiger partial charge in [-0.05, 0) is 222 Å². The number of carbonyl (C=O) groups excluding carboxylic acids is 6. The van der Waals surface area contributed by atoms with Gasteiger partial charge in [0.05, 0.1) is 36.0 Å². The van der Waals surface area contributed by atoms with Gasteiger partial charge < -0.3 is 25.6 Å². The van der Waals surface area contributed by atoms with Gasteiger partial charge in [0, 0.05) is 122 Å². The van der Waals surface area contributed by atoms with Crippen molar-refractivity contribution in [3.8, 4) is 0 Å². The number of allylic oxidation sites excluding steroid dienone is 3. The molecule has 20 rings (SSSR count). The molecule has 0 saturated carbocycles. The smallest absolute Gasteiger partial charge is 0.259 e. The number of halogens is 2. The summed E-state index contributed by atoms with van der Waals surface area (Å²) in [7, 11) is 0. The number of amides is 6. The number of benzene rings is 11. The zero-order chi connectivity index (χ0) is 87.6. The van der Waals surface area contributed by atoms with E-state index in [0.717, 1.165) is 83.1 Å². The first-order valence-electron chi connectivity index (χ1n) is 44.7. The van der Waals surface area contributed by atoms with Crippen LogP contribution in [0.1, 0.15) is 146 Å². The molecule has 0 radical (unpaired) electrons. The largest absolute Gasteiger partial charge is 0.379 e. The van der Waals surface area contributed by atoms with Crippen molar-refractivity contribution < 1.29 is 46.1 Å². The van der Waals surface area contributed by atoms with E-state index >= 15 is 0 Å². The molecular weight excluding hydrogens is 1520 g/mol. The summed E-state index contributed by atoms with van der Waals surface area (Å²) in [6.45, 7) is 22.5. The first kappa shape index (κ1) is 72.1. The lowest BCUT2D eigenvalue weighted by atomic mass is 9.89. The second-order valence-corrected chi connectivity index (χ2v) is 33.1. The topological polar surface area (TPSA) is 170 Å². The number of anilines is 4. The van der Waals surface area contributed by atoms with E-state index in [1.807, 2.05) is 83.8 Å². The summed E-state index contributed by atoms with van der Waals surface area (Å²) in [4.78, 5) is 92.9. The quantitative estimate of drug-likeness (QED) is 0.0747. The summed E-state index contributed by atoms with van der Waals surface area (Å²) < 4.78 is 74.9. The van der Waals surface area contributed by atoms with Gasteiger partial charge in [-0.3, -0.25) is 58.2 Å². The number of likely N-dealkylation sites (tertiary alicyclic amines) is 1. The highest BCUT2D eigenvalue weighted by Gasteiger charge is 2.44. The SMILES string of the molecule is [2H]C([2H])(c1ccc(CC2CCN(Cc3ccccc3)CC2)cc1)c1ccc2c3c(cccc13)C(=O)N2C1CCC(=C)NC1=O.[2H]C([2H])(c1ccc(CN2CCN(c3ccc(Cl)cc3F)CC2)cc1)c1ccc2c3c(cccc13)C(=O)N2C1CCC(=C)NC1=O.[2H]C([2H])(c1ccc(CN2CCOCC2)cc1)c1ccc2c3c(cccc13)C(=O)N2C1CCC(=C)NC1=O. The van der Waals surface area contributed by atoms with Gasteiger partial charge in [0.1, 0.15) is 23.9 Å². The van der Waals surface area contributed by atoms with Crippen LogP contribution in [0.25, 0.3) is 32.3 Å². The standard InChI is InChI=1S/C37H37N3O2.C35H32ClFN4O2.C29H29N3O3/c1-25-10-16-34(36(41)38-25)40-33-17-15-30(31-8-5-9-32(35(31)33)37(40)42)23-27-13-11-26(12-14-27)22-28-18-20-39(21-19-28)24-29-6-3-2-4-7-29;1-22-5-12-32(34(42)38-22)41-31-13-10-25(27-3-2-4-28(33(27)31)35(41)43)19-23-6-8-24(9-7-23)21-39-15-17-40(18-16-39)30-14-11-26(36)20-29(30)37;1-19-5-11-26(28(33)30-19)32-25-12-10-22(23-3-2-4-24(27(23)25)29(32)34)17-20-6-8-21(9-7-20)18-31-13-15-35-16-14-31/h2-9,11-15,17,28,34H,1,10,16,18-24H2,(H,38,41);2-4,6-11,13-14,20,32H,1,5,12,15-19,21H2,(H,38,42);2-4,6-10,12,26H,1,5,11,13-18H2,(H,30,33)/i23D2;19D2;17D2. The summed E-state index contributed by atoms with van der Waals surface area (Å²) in [5.74, 6) is -1.08. The Labute approximate surface area is 713 Å². The predicted molar refractivity (Wildman–Crippen MR) is 474 cm³/mol. The predicted octanol–water partition coefficient (Wildman–Crippen LogP) is 17.0. The van der Waals surface area contributed by atoms with Crippen LogP contribution < -0.4 is 35.6 Å². The van der Waals surface area contributed by atoms with Crippen LogP contribution in [0.15, 0.2) is 249 Å². The van der Waals surface area contributed by atoms with Gasteiger partial charge >= 0.3 is 0 Å². The number of rotatable bonds is 18. The maximum atomic E-state index is 14.4. The van der Waals surface area contributed by atoms with Gasteiger partial charge in [0.25, 0.3) is 17.7 Å². The van der Waals surface area contributed by atoms with Gasteiger partial charge in [0.15, 0.2) is 0 Å². The van der Waals surface area contributed by atoms with Gasteiger partial charge in [0.2, 0.25) is 17.7 Å². The van der Waals surface area contributed by atoms with Crippen LogP contribution in [0.3, 0.4) is 0 Å². The van der Waals surface area contributed by atoms with Gasteiger partial charge in [-0.1, -0.05) is 189 Å². The number of morpholine rings is 1. The molecule has 6 saturated heterocycles. The van der Waals surface area contributed by atoms with E-state index in [1.54, 1.807) is 99.6 Å². The number of piperazine rings is 1. The van der Waals surface area contributed by atoms with E-state index in [2.05, 4.69) is 92.9 Å². The molecular formula is C101H98ClFN10O7. The van der Waals surface area contributed by atoms with Crippen molar-refractivity contribution >= 4 is 102 Å². The summed E-state index contributed by atoms with van der Waals surface area (Å²) in [5.41, 5.74) is 13.9. The number of nitrogens with zero attached hydrogens (tertiary/aromatic N) is 7. The zero-order valence-electron chi connectivity index (χ0n) is 72.9. The van der Waals surface area contributed by atoms with E-state index in [0.29, 0.717) is 191 Å². The van der Waals surface area contributed by atoms with E-state index in [-0.39, 0.29) is 41.3 Å². The fraction of sp³-hybridized carbons (Fsp3) is 0.287. The minimum absolute atomic E-state index is 0.216. The zero-order valence-corrected chi connectivity index (χ0v) is 67.7. The van der Waals surface area contributed by atoms with Crippen molar-refractivity contribution in [2.75, 3.05) is 85.2 Å². The summed E-state index contributed by atoms with van der Waals surface area (Å²) >= 11 is 5.91. The molecule has 0 bridgehead atoms. The molecule has 11 aromatic rings. The van der Waals surface area contributed by atoms with Crippen molar-refractivity contribution in [1.82, 2.24) is 30.7 Å². The normalized spacial score (nSPS) is 20.7. The fourth-order valence-corrected chi connectivity index (χ4v) is 18.7. The third-order valence-corrected chi connectivity index (χ3v) is 25.0. The first-order chi connectivity index (χ1) is 60.7. The number of piperidine rings is 4. The van der Waals surface area contributed by atoms with Crippen molar-refractivity contribution in [3.05, 3.63) is 332 Å². The van der Waals surface area contributed by atoms with Crippen LogP contribution in [0.5, 0.6) is 0 Å². The molecule has 17 nitrogen and oxygen atoms in total. The lowest BCUT2D eigenvalue weighted by molar-refractivity contribution is -0.123. The highest BCUT2D eigenvalue weighted by atomic mass is 35.5. The molecule has 19 heteroatoms. The third kappa shape index (κ3) is 16.4. The van der Waals surface area contributed by atoms with Gasteiger partial charge in [-0.2, -0.15) is 0 Å². The Kier molecular flexibility index (Phi) is 20.7. The second-order valence-electron chi connectivity index (χ2n) is 32.7. The summed E-state index contributed by atoms with van der Waals surface area (Å²) in [5, 5.41) is 12.9. The molecule has 6 amide bonds. The van der Waals surface area contributed by atoms with Crippen LogP contribution in [0.4, 0.5) is 27.1 Å². The van der Waals surface area contributed by atoms with E-state index in [1.165, 1.54) is 30.0 Å². The number of carbonyl (C=O) groups is 6. The summed E-state index contributed by atoms with van der Waals surface area (Å²) in [6, 6.07) is 63.7. The first-order valence-corrected chi connectivity index (χ1v) is 42.1. The van der Waals surface area contributed by atoms with E-state index < -0.39 is 37.2 Å². The maximum absolute atomic E-state index is 14.4. The van der Waals surface area contributed by atoms with Crippen molar-refractivity contribution in [3.63, 3.8) is 0 Å². The fourth-order valence-electron chi connectivity index (χ4n) is 18.6. The molecule has 9 heterocycles. The van der Waals surface area contributed by atoms with Crippen molar-refractivity contribution in [1.29, 1.82) is 0 Å². The Hall–Kier alpha value is -11.9. The van der Waals surface area contributed by atoms with Crippen LogP contribution in [-0.2, 0) is 64.3 Å². The molecule has 3 N–H and O–H groups in total. The van der Waals surface area contributed by atoms with E-state index in [4.69, 9.17) is 19.1 Å². The molecule has 9 aliphatic heterocycles. The Morgan fingerprint density at radius 2 is 0.742 bits per heavy atom. The number of hydrogen-bond donors (Lipinski definition) is 3. The van der Waals surface area contributed by atoms with Gasteiger partial charge in [-0.25, -0.2) is 4.39 Å². The third-order valence-electron chi connectivity index (χ3n) is 24.8. The molecule has 0 aliphatic carbocycles. The highest BCUT2D eigenvalue weighted by Crippen LogP contribution is 2.46. The van der Waals surface area contributed by atoms with Gasteiger partial charge in [-0.15, -0.1) is 0 Å². The van der Waals surface area contributed by atoms with Crippen molar-refractivity contribution in [2.24, 2.45) is 5.92 Å². The van der Waals surface area contributed by atoms with Crippen LogP contribution in [0, 0.1) is 11.7 Å². The maximum Gasteiger partial charge on any atom is 0.259 e. The van der Waals surface area contributed by atoms with Crippen LogP contribution >= 0.6 is 11.6 Å². The number of ether oxygens (including phenoxy) is 1. The lowest BCUT2D eigenvalue weighted by Crippen LogP contribution is -2.51. The molecule has 3 atom stereocenters. The van der Waals surface area contributed by atoms with Crippen molar-refractivity contribution in [2.45, 2.75) is 115 Å². The van der Waals surface area contributed by atoms with E-state index in [9.17, 15) is 38.6 Å². The molecule has 9 aliphatic rings. The highest BCUT2D eigenvalue weighted by molar-refractivity contribution is 6.31. The monoisotopic (exact) mass is 1620 g/mol. The van der Waals surface area contributed by atoms with Crippen LogP contribution in [-0.4, -0.2) is 134 Å². The molecule has 120 heavy (non-hydrogen) atoms. The average molecular weight is 1620 g/mol. The number of hydrogen-bond acceptors (Lipinski definition) is 11.